The van der Waals surface area contributed by atoms with E-state index >= 15 is 0 Å². The van der Waals surface area contributed by atoms with Crippen molar-refractivity contribution in [1.82, 2.24) is 9.97 Å². The Kier molecular flexibility index (Phi) is 3.55. The van der Waals surface area contributed by atoms with Crippen LogP contribution in [-0.4, -0.2) is 31.2 Å². The van der Waals surface area contributed by atoms with Gasteiger partial charge in [-0.3, -0.25) is 4.79 Å². The highest BCUT2D eigenvalue weighted by atomic mass is 16.5. The van der Waals surface area contributed by atoms with Crippen LogP contribution >= 0.6 is 0 Å². The van der Waals surface area contributed by atoms with E-state index in [1.54, 1.807) is 19.2 Å². The number of methoxy groups -OCH3 is 1. The number of hydrogen-bond donors (Lipinski definition) is 1. The Labute approximate surface area is 128 Å². The second kappa shape index (κ2) is 5.52. The molecule has 22 heavy (non-hydrogen) atoms. The molecule has 1 heterocycles. The number of nitrogens with one attached hydrogen (secondary N) is 1. The first kappa shape index (κ1) is 14.1. The summed E-state index contributed by atoms with van der Waals surface area (Å²) in [5.41, 5.74) is 3.46. The molecule has 1 N–H and O–H groups in total. The zero-order valence-corrected chi connectivity index (χ0v) is 12.8. The van der Waals surface area contributed by atoms with Gasteiger partial charge in [0.1, 0.15) is 11.4 Å². The van der Waals surface area contributed by atoms with Crippen LogP contribution in [-0.2, 0) is 0 Å². The third-order valence-corrected chi connectivity index (χ3v) is 3.56. The van der Waals surface area contributed by atoms with Gasteiger partial charge in [0.2, 0.25) is 0 Å². The van der Waals surface area contributed by atoms with E-state index in [9.17, 15) is 4.79 Å². The number of benzene rings is 2. The largest absolute Gasteiger partial charge is 0.497 e. The normalized spacial score (nSPS) is 10.7. The van der Waals surface area contributed by atoms with Crippen LogP contribution in [0.2, 0.25) is 0 Å². The van der Waals surface area contributed by atoms with Gasteiger partial charge >= 0.3 is 0 Å². The SMILES string of the molecule is COc1ccc2[nH]c(=O)c(-c3ccc(N(C)C)cc3)nc2c1. The maximum absolute atomic E-state index is 12.2. The number of rotatable bonds is 3. The van der Waals surface area contributed by atoms with Crippen molar-refractivity contribution in [3.05, 3.63) is 52.8 Å². The quantitative estimate of drug-likeness (QED) is 0.807. The Morgan fingerprint density at radius 2 is 1.82 bits per heavy atom. The van der Waals surface area contributed by atoms with E-state index in [1.165, 1.54) is 0 Å². The van der Waals surface area contributed by atoms with Crippen LogP contribution in [0.5, 0.6) is 5.75 Å². The van der Waals surface area contributed by atoms with E-state index in [1.807, 2.05) is 49.3 Å². The molecule has 0 saturated carbocycles. The molecule has 2 aromatic carbocycles. The lowest BCUT2D eigenvalue weighted by molar-refractivity contribution is 0.415. The number of anilines is 1. The molecule has 112 valence electrons. The van der Waals surface area contributed by atoms with Crippen molar-refractivity contribution in [2.45, 2.75) is 0 Å². The van der Waals surface area contributed by atoms with Gasteiger partial charge in [-0.05, 0) is 24.3 Å². The zero-order valence-electron chi connectivity index (χ0n) is 12.8. The minimum absolute atomic E-state index is 0.199. The number of nitrogens with zero attached hydrogens (tertiary/aromatic N) is 2. The molecule has 0 bridgehead atoms. The van der Waals surface area contributed by atoms with Crippen molar-refractivity contribution in [1.29, 1.82) is 0 Å². The Bertz CT molecular complexity index is 867. The second-order valence-corrected chi connectivity index (χ2v) is 5.24. The summed E-state index contributed by atoms with van der Waals surface area (Å²) in [7, 11) is 5.55. The van der Waals surface area contributed by atoms with Gasteiger partial charge in [0.15, 0.2) is 0 Å². The molecule has 0 aliphatic heterocycles. The first-order valence-electron chi connectivity index (χ1n) is 6.94. The van der Waals surface area contributed by atoms with Crippen molar-refractivity contribution in [2.24, 2.45) is 0 Å². The van der Waals surface area contributed by atoms with E-state index in [0.29, 0.717) is 22.5 Å². The van der Waals surface area contributed by atoms with Gasteiger partial charge in [-0.15, -0.1) is 0 Å². The number of aromatic amines is 1. The fraction of sp³-hybridized carbons (Fsp3) is 0.176. The second-order valence-electron chi connectivity index (χ2n) is 5.24. The van der Waals surface area contributed by atoms with Crippen molar-refractivity contribution < 1.29 is 4.74 Å². The molecule has 0 fully saturated rings. The van der Waals surface area contributed by atoms with Gasteiger partial charge in [0, 0.05) is 31.4 Å². The van der Waals surface area contributed by atoms with Crippen molar-refractivity contribution in [2.75, 3.05) is 26.1 Å². The molecule has 0 radical (unpaired) electrons. The number of aromatic nitrogens is 2. The predicted octanol–water partition coefficient (Wildman–Crippen LogP) is 2.66. The molecule has 1 aromatic heterocycles. The molecule has 0 atom stereocenters. The topological polar surface area (TPSA) is 58.2 Å². The average Bonchev–Trinajstić information content (AvgIpc) is 2.54. The fourth-order valence-corrected chi connectivity index (χ4v) is 2.30. The van der Waals surface area contributed by atoms with Gasteiger partial charge < -0.3 is 14.6 Å². The molecule has 0 amide bonds. The van der Waals surface area contributed by atoms with Crippen LogP contribution in [0, 0.1) is 0 Å². The summed E-state index contributed by atoms with van der Waals surface area (Å²) >= 11 is 0. The average molecular weight is 295 g/mol. The Morgan fingerprint density at radius 3 is 2.45 bits per heavy atom. The minimum atomic E-state index is -0.199. The van der Waals surface area contributed by atoms with Gasteiger partial charge in [-0.25, -0.2) is 4.98 Å². The van der Waals surface area contributed by atoms with Crippen LogP contribution in [0.4, 0.5) is 5.69 Å². The zero-order chi connectivity index (χ0) is 15.7. The van der Waals surface area contributed by atoms with E-state index in [-0.39, 0.29) is 5.56 Å². The summed E-state index contributed by atoms with van der Waals surface area (Å²) < 4.78 is 5.20. The number of hydrogen-bond acceptors (Lipinski definition) is 4. The number of ether oxygens (including phenoxy) is 1. The van der Waals surface area contributed by atoms with Crippen LogP contribution in [0.1, 0.15) is 0 Å². The summed E-state index contributed by atoms with van der Waals surface area (Å²) in [6.45, 7) is 0. The molecule has 0 aliphatic carbocycles. The summed E-state index contributed by atoms with van der Waals surface area (Å²) in [4.78, 5) is 21.6. The Hall–Kier alpha value is -2.82. The molecule has 5 heteroatoms. The highest BCUT2D eigenvalue weighted by Gasteiger charge is 2.08. The fourth-order valence-electron chi connectivity index (χ4n) is 2.30. The monoisotopic (exact) mass is 295 g/mol. The van der Waals surface area contributed by atoms with E-state index in [4.69, 9.17) is 4.74 Å². The number of fused-ring (bicyclic) bond motifs is 1. The Morgan fingerprint density at radius 1 is 1.09 bits per heavy atom. The molecule has 0 saturated heterocycles. The molecule has 0 spiro atoms. The maximum Gasteiger partial charge on any atom is 0.274 e. The lowest BCUT2D eigenvalue weighted by Gasteiger charge is -2.12. The predicted molar refractivity (Wildman–Crippen MR) is 88.7 cm³/mol. The van der Waals surface area contributed by atoms with Crippen LogP contribution < -0.4 is 15.2 Å². The molecular formula is C17H17N3O2. The van der Waals surface area contributed by atoms with Gasteiger partial charge in [0.05, 0.1) is 18.1 Å². The van der Waals surface area contributed by atoms with Gasteiger partial charge in [-0.2, -0.15) is 0 Å². The first-order valence-corrected chi connectivity index (χ1v) is 6.94. The highest BCUT2D eigenvalue weighted by molar-refractivity contribution is 5.78. The van der Waals surface area contributed by atoms with Crippen molar-refractivity contribution >= 4 is 16.7 Å². The summed E-state index contributed by atoms with van der Waals surface area (Å²) in [6, 6.07) is 13.1. The van der Waals surface area contributed by atoms with Gasteiger partial charge in [0.25, 0.3) is 5.56 Å². The lowest BCUT2D eigenvalue weighted by atomic mass is 10.1. The Balaban J connectivity index is 2.13. The van der Waals surface area contributed by atoms with Crippen molar-refractivity contribution in [3.63, 3.8) is 0 Å². The van der Waals surface area contributed by atoms with E-state index in [2.05, 4.69) is 9.97 Å². The van der Waals surface area contributed by atoms with Crippen LogP contribution in [0.15, 0.2) is 47.3 Å². The molecule has 3 aromatic rings. The van der Waals surface area contributed by atoms with Crippen LogP contribution in [0.3, 0.4) is 0 Å². The van der Waals surface area contributed by atoms with E-state index < -0.39 is 0 Å². The maximum atomic E-state index is 12.2. The summed E-state index contributed by atoms with van der Waals surface area (Å²) in [6.07, 6.45) is 0. The highest BCUT2D eigenvalue weighted by Crippen LogP contribution is 2.21. The standard InChI is InChI=1S/C17H17N3O2/c1-20(2)12-6-4-11(5-7-12)16-17(21)19-14-9-8-13(22-3)10-15(14)18-16/h4-10H,1-3H3,(H,19,21). The van der Waals surface area contributed by atoms with Gasteiger partial charge in [-0.1, -0.05) is 12.1 Å². The number of H-pyrrole nitrogens is 1. The molecule has 5 nitrogen and oxygen atoms in total. The molecule has 3 rings (SSSR count). The summed E-state index contributed by atoms with van der Waals surface area (Å²) in [5.74, 6) is 0.709. The smallest absolute Gasteiger partial charge is 0.274 e. The van der Waals surface area contributed by atoms with Crippen molar-refractivity contribution in [3.8, 4) is 17.0 Å². The molecule has 0 aliphatic rings. The third-order valence-electron chi connectivity index (χ3n) is 3.56. The molecule has 0 unspecified atom stereocenters. The molecular weight excluding hydrogens is 278 g/mol. The van der Waals surface area contributed by atoms with E-state index in [0.717, 1.165) is 11.3 Å². The summed E-state index contributed by atoms with van der Waals surface area (Å²) in [5, 5.41) is 0. The third kappa shape index (κ3) is 2.53. The first-order chi connectivity index (χ1) is 10.6. The minimum Gasteiger partial charge on any atom is -0.497 e. The lowest BCUT2D eigenvalue weighted by Crippen LogP contribution is -2.12. The van der Waals surface area contributed by atoms with Crippen LogP contribution in [0.25, 0.3) is 22.3 Å².